The number of rotatable bonds is 4. The zero-order valence-corrected chi connectivity index (χ0v) is 11.8. The molecule has 0 aliphatic heterocycles. The van der Waals surface area contributed by atoms with Crippen LogP contribution in [0, 0.1) is 0 Å². The fourth-order valence-corrected chi connectivity index (χ4v) is 2.48. The first kappa shape index (κ1) is 13.5. The number of carbonyl (C=O) groups is 1. The van der Waals surface area contributed by atoms with E-state index >= 15 is 0 Å². The number of hydrogen-bond donors (Lipinski definition) is 1. The fourth-order valence-electron chi connectivity index (χ4n) is 2.48. The van der Waals surface area contributed by atoms with Gasteiger partial charge in [-0.1, -0.05) is 0 Å². The number of hydrogen-bond acceptors (Lipinski definition) is 4. The molecule has 0 radical (unpaired) electrons. The average Bonchev–Trinajstić information content (AvgIpc) is 3.30. The Bertz CT molecular complexity index is 789. The normalized spacial score (nSPS) is 14.2. The van der Waals surface area contributed by atoms with E-state index in [0.717, 1.165) is 12.8 Å². The van der Waals surface area contributed by atoms with Gasteiger partial charge in [-0.25, -0.2) is 4.79 Å². The molecule has 0 unspecified atom stereocenters. The Morgan fingerprint density at radius 2 is 1.76 bits per heavy atom. The number of aromatic nitrogens is 1. The van der Waals surface area contributed by atoms with Crippen molar-refractivity contribution >= 4 is 16.7 Å². The molecule has 0 bridgehead atoms. The zero-order valence-electron chi connectivity index (χ0n) is 11.8. The Labute approximate surface area is 120 Å². The third-order valence-electron chi connectivity index (χ3n) is 3.72. The number of fused-ring (bicyclic) bond motifs is 1. The molecule has 1 heterocycles. The van der Waals surface area contributed by atoms with Crippen LogP contribution in [0.3, 0.4) is 0 Å². The van der Waals surface area contributed by atoms with Crippen molar-refractivity contribution in [2.45, 2.75) is 18.9 Å². The first-order valence-corrected chi connectivity index (χ1v) is 6.61. The molecule has 0 amide bonds. The zero-order chi connectivity index (χ0) is 15.1. The van der Waals surface area contributed by atoms with Crippen LogP contribution in [0.2, 0.25) is 0 Å². The Hall–Kier alpha value is -2.50. The molecule has 1 aromatic heterocycles. The van der Waals surface area contributed by atoms with Crippen molar-refractivity contribution < 1.29 is 19.4 Å². The SMILES string of the molecule is COc1cc2c(C(=O)O)cn(C3CC3)c(=O)c2cc1OC. The minimum absolute atomic E-state index is 0.0949. The van der Waals surface area contributed by atoms with E-state index in [2.05, 4.69) is 0 Å². The van der Waals surface area contributed by atoms with Crippen LogP contribution in [0.15, 0.2) is 23.1 Å². The molecule has 6 nitrogen and oxygen atoms in total. The molecule has 0 atom stereocenters. The second kappa shape index (κ2) is 4.80. The van der Waals surface area contributed by atoms with Crippen molar-refractivity contribution in [3.8, 4) is 11.5 Å². The number of methoxy groups -OCH3 is 2. The quantitative estimate of drug-likeness (QED) is 0.932. The number of nitrogens with zero attached hydrogens (tertiary/aromatic N) is 1. The van der Waals surface area contributed by atoms with Crippen LogP contribution in [0.5, 0.6) is 11.5 Å². The van der Waals surface area contributed by atoms with Gasteiger partial charge in [-0.15, -0.1) is 0 Å². The molecule has 1 fully saturated rings. The second-order valence-corrected chi connectivity index (χ2v) is 5.04. The second-order valence-electron chi connectivity index (χ2n) is 5.04. The molecule has 1 aromatic carbocycles. The Morgan fingerprint density at radius 3 is 2.24 bits per heavy atom. The molecule has 1 saturated carbocycles. The smallest absolute Gasteiger partial charge is 0.337 e. The Morgan fingerprint density at radius 1 is 1.19 bits per heavy atom. The van der Waals surface area contributed by atoms with E-state index in [1.165, 1.54) is 31.0 Å². The van der Waals surface area contributed by atoms with E-state index in [4.69, 9.17) is 9.47 Å². The van der Waals surface area contributed by atoms with Crippen molar-refractivity contribution in [3.63, 3.8) is 0 Å². The van der Waals surface area contributed by atoms with Gasteiger partial charge in [0.2, 0.25) is 0 Å². The van der Waals surface area contributed by atoms with Gasteiger partial charge in [-0.2, -0.15) is 0 Å². The third-order valence-corrected chi connectivity index (χ3v) is 3.72. The molecule has 3 rings (SSSR count). The summed E-state index contributed by atoms with van der Waals surface area (Å²) in [5.41, 5.74) is -0.101. The topological polar surface area (TPSA) is 77.8 Å². The number of benzene rings is 1. The highest BCUT2D eigenvalue weighted by molar-refractivity contribution is 6.04. The molecular weight excluding hydrogens is 274 g/mol. The van der Waals surface area contributed by atoms with Crippen LogP contribution in [-0.2, 0) is 0 Å². The van der Waals surface area contributed by atoms with Gasteiger partial charge in [0.25, 0.3) is 5.56 Å². The van der Waals surface area contributed by atoms with Gasteiger partial charge in [-0.3, -0.25) is 4.79 Å². The highest BCUT2D eigenvalue weighted by Crippen LogP contribution is 2.36. The van der Waals surface area contributed by atoms with Crippen LogP contribution < -0.4 is 15.0 Å². The maximum atomic E-state index is 12.5. The first-order chi connectivity index (χ1) is 10.1. The lowest BCUT2D eigenvalue weighted by Crippen LogP contribution is -2.21. The van der Waals surface area contributed by atoms with E-state index in [1.54, 1.807) is 6.07 Å². The predicted octanol–water partition coefficient (Wildman–Crippen LogP) is 2.05. The molecule has 1 N–H and O–H groups in total. The maximum Gasteiger partial charge on any atom is 0.337 e. The van der Waals surface area contributed by atoms with Gasteiger partial charge in [0.15, 0.2) is 11.5 Å². The van der Waals surface area contributed by atoms with E-state index in [9.17, 15) is 14.7 Å². The minimum Gasteiger partial charge on any atom is -0.493 e. The van der Waals surface area contributed by atoms with Crippen molar-refractivity contribution in [2.75, 3.05) is 14.2 Å². The summed E-state index contributed by atoms with van der Waals surface area (Å²) in [6, 6.07) is 3.19. The summed E-state index contributed by atoms with van der Waals surface area (Å²) in [4.78, 5) is 24.0. The maximum absolute atomic E-state index is 12.5. The molecule has 1 aliphatic rings. The van der Waals surface area contributed by atoms with Crippen LogP contribution in [0.1, 0.15) is 29.2 Å². The third kappa shape index (κ3) is 2.12. The number of pyridine rings is 1. The number of carboxylic acids is 1. The Balaban J connectivity index is 2.40. The molecule has 6 heteroatoms. The predicted molar refractivity (Wildman–Crippen MR) is 76.5 cm³/mol. The first-order valence-electron chi connectivity index (χ1n) is 6.61. The average molecular weight is 289 g/mol. The summed E-state index contributed by atoms with van der Waals surface area (Å²) in [5, 5.41) is 10.1. The molecule has 21 heavy (non-hydrogen) atoms. The summed E-state index contributed by atoms with van der Waals surface area (Å²) in [7, 11) is 2.94. The lowest BCUT2D eigenvalue weighted by atomic mass is 10.1. The van der Waals surface area contributed by atoms with Gasteiger partial charge in [0, 0.05) is 17.6 Å². The van der Waals surface area contributed by atoms with Gasteiger partial charge in [0.05, 0.1) is 25.2 Å². The summed E-state index contributed by atoms with van der Waals surface area (Å²) in [6.45, 7) is 0. The number of aromatic carboxylic acids is 1. The molecule has 110 valence electrons. The van der Waals surface area contributed by atoms with Gasteiger partial charge in [-0.05, 0) is 25.0 Å². The molecule has 2 aromatic rings. The lowest BCUT2D eigenvalue weighted by molar-refractivity contribution is 0.0698. The largest absolute Gasteiger partial charge is 0.493 e. The summed E-state index contributed by atoms with van der Waals surface area (Å²) in [6.07, 6.45) is 3.23. The van der Waals surface area contributed by atoms with Gasteiger partial charge >= 0.3 is 5.97 Å². The number of ether oxygens (including phenoxy) is 2. The fraction of sp³-hybridized carbons (Fsp3) is 0.333. The molecular formula is C15H15NO5. The van der Waals surface area contributed by atoms with E-state index in [0.29, 0.717) is 22.3 Å². The molecule has 0 saturated heterocycles. The standard InChI is InChI=1S/C15H15NO5/c1-20-12-5-9-10(6-13(12)21-2)14(17)16(8-3-4-8)7-11(9)15(18)19/h5-8H,3-4H2,1-2H3,(H,18,19). The highest BCUT2D eigenvalue weighted by atomic mass is 16.5. The van der Waals surface area contributed by atoms with Gasteiger partial charge < -0.3 is 19.1 Å². The van der Waals surface area contributed by atoms with Crippen LogP contribution >= 0.6 is 0 Å². The highest BCUT2D eigenvalue weighted by Gasteiger charge is 2.27. The van der Waals surface area contributed by atoms with Crippen LogP contribution in [-0.4, -0.2) is 29.9 Å². The van der Waals surface area contributed by atoms with Crippen LogP contribution in [0.25, 0.3) is 10.8 Å². The summed E-state index contributed by atoms with van der Waals surface area (Å²) < 4.78 is 11.9. The Kier molecular flexibility index (Phi) is 3.08. The lowest BCUT2D eigenvalue weighted by Gasteiger charge is -2.13. The summed E-state index contributed by atoms with van der Waals surface area (Å²) >= 11 is 0. The number of carboxylic acid groups (broad SMARTS) is 1. The van der Waals surface area contributed by atoms with Crippen molar-refractivity contribution in [1.82, 2.24) is 4.57 Å². The van der Waals surface area contributed by atoms with E-state index in [-0.39, 0.29) is 17.2 Å². The van der Waals surface area contributed by atoms with E-state index in [1.807, 2.05) is 0 Å². The van der Waals surface area contributed by atoms with Crippen molar-refractivity contribution in [2.24, 2.45) is 0 Å². The van der Waals surface area contributed by atoms with Crippen molar-refractivity contribution in [1.29, 1.82) is 0 Å². The van der Waals surface area contributed by atoms with E-state index < -0.39 is 5.97 Å². The van der Waals surface area contributed by atoms with Crippen molar-refractivity contribution in [3.05, 3.63) is 34.2 Å². The summed E-state index contributed by atoms with van der Waals surface area (Å²) in [5.74, 6) is -0.260. The van der Waals surface area contributed by atoms with Gasteiger partial charge in [0.1, 0.15) is 0 Å². The molecule has 1 aliphatic carbocycles. The van der Waals surface area contributed by atoms with Crippen LogP contribution in [0.4, 0.5) is 0 Å². The minimum atomic E-state index is -1.07. The monoisotopic (exact) mass is 289 g/mol. The molecule has 0 spiro atoms.